The number of pyridine rings is 1. The van der Waals surface area contributed by atoms with Gasteiger partial charge in [-0.3, -0.25) is 4.98 Å². The first kappa shape index (κ1) is 22.5. The lowest BCUT2D eigenvalue weighted by molar-refractivity contribution is -0.0418. The Morgan fingerprint density at radius 3 is 2.93 bits per heavy atom. The second-order valence-electron chi connectivity index (χ2n) is 7.90. The van der Waals surface area contributed by atoms with Gasteiger partial charge in [-0.15, -0.1) is 0 Å². The van der Waals surface area contributed by atoms with E-state index in [0.29, 0.717) is 30.0 Å². The Hall–Kier alpha value is -2.15. The van der Waals surface area contributed by atoms with Crippen molar-refractivity contribution in [2.45, 2.75) is 44.6 Å². The number of nitrogens with one attached hydrogen (secondary N) is 2. The summed E-state index contributed by atoms with van der Waals surface area (Å²) in [6.07, 6.45) is 5.99. The van der Waals surface area contributed by atoms with Crippen molar-refractivity contribution >= 4 is 17.7 Å². The van der Waals surface area contributed by atoms with Crippen LogP contribution < -0.4 is 10.6 Å². The molecular weight excluding hydrogens is 402 g/mol. The number of aryl methyl sites for hydroxylation is 1. The van der Waals surface area contributed by atoms with E-state index in [2.05, 4.69) is 34.7 Å². The third-order valence-corrected chi connectivity index (χ3v) is 6.26. The summed E-state index contributed by atoms with van der Waals surface area (Å²) in [5.74, 6) is -0.00977. The predicted octanol–water partition coefficient (Wildman–Crippen LogP) is 4.20. The quantitative estimate of drug-likeness (QED) is 0.470. The maximum absolute atomic E-state index is 12.1. The summed E-state index contributed by atoms with van der Waals surface area (Å²) in [5.41, 5.74) is 2.51. The minimum atomic E-state index is -1.16. The van der Waals surface area contributed by atoms with Gasteiger partial charge in [-0.2, -0.15) is 0 Å². The van der Waals surface area contributed by atoms with E-state index in [1.807, 2.05) is 12.1 Å². The number of halogens is 1. The van der Waals surface area contributed by atoms with Crippen molar-refractivity contribution in [2.24, 2.45) is 5.92 Å². The molecule has 30 heavy (non-hydrogen) atoms. The number of aliphatic hydroxyl groups is 1. The molecule has 1 fully saturated rings. The minimum Gasteiger partial charge on any atom is -0.465 e. The number of piperidine rings is 1. The molecule has 0 spiro atoms. The van der Waals surface area contributed by atoms with Crippen LogP contribution in [0.4, 0.5) is 4.79 Å². The SMILES string of the molecule is CCc1cccc(-c2c(Cl)cncc2C(O)(CCCNC(=O)O)[C@@H]2CCCNC2)c1. The number of aromatic nitrogens is 1. The highest BCUT2D eigenvalue weighted by molar-refractivity contribution is 6.33. The fourth-order valence-electron chi connectivity index (χ4n) is 4.37. The van der Waals surface area contributed by atoms with Crippen LogP contribution >= 0.6 is 11.6 Å². The smallest absolute Gasteiger partial charge is 0.404 e. The van der Waals surface area contributed by atoms with Gasteiger partial charge in [-0.25, -0.2) is 4.79 Å². The first-order valence-corrected chi connectivity index (χ1v) is 11.0. The van der Waals surface area contributed by atoms with E-state index in [1.54, 1.807) is 12.4 Å². The predicted molar refractivity (Wildman–Crippen MR) is 119 cm³/mol. The van der Waals surface area contributed by atoms with E-state index in [9.17, 15) is 9.90 Å². The van der Waals surface area contributed by atoms with Gasteiger partial charge in [0.2, 0.25) is 0 Å². The van der Waals surface area contributed by atoms with Crippen molar-refractivity contribution in [2.75, 3.05) is 19.6 Å². The highest BCUT2D eigenvalue weighted by atomic mass is 35.5. The van der Waals surface area contributed by atoms with Crippen LogP contribution in [-0.4, -0.2) is 40.9 Å². The zero-order chi connectivity index (χ0) is 21.6. The van der Waals surface area contributed by atoms with E-state index in [1.165, 1.54) is 5.56 Å². The normalized spacial score (nSPS) is 18.6. The third-order valence-electron chi connectivity index (χ3n) is 5.97. The number of amides is 1. The molecule has 2 aromatic rings. The number of nitrogens with zero attached hydrogens (tertiary/aromatic N) is 1. The molecule has 1 unspecified atom stereocenters. The van der Waals surface area contributed by atoms with Crippen LogP contribution in [0.1, 0.15) is 43.7 Å². The van der Waals surface area contributed by atoms with Gasteiger partial charge < -0.3 is 20.8 Å². The van der Waals surface area contributed by atoms with Gasteiger partial charge in [-0.05, 0) is 49.8 Å². The molecule has 2 heterocycles. The van der Waals surface area contributed by atoms with Crippen molar-refractivity contribution in [3.05, 3.63) is 52.8 Å². The van der Waals surface area contributed by atoms with Crippen molar-refractivity contribution < 1.29 is 15.0 Å². The van der Waals surface area contributed by atoms with Crippen molar-refractivity contribution in [3.63, 3.8) is 0 Å². The lowest BCUT2D eigenvalue weighted by Crippen LogP contribution is -2.45. The lowest BCUT2D eigenvalue weighted by atomic mass is 9.73. The number of carboxylic acid groups (broad SMARTS) is 1. The van der Waals surface area contributed by atoms with E-state index in [0.717, 1.165) is 36.9 Å². The number of benzene rings is 1. The summed E-state index contributed by atoms with van der Waals surface area (Å²) < 4.78 is 0. The largest absolute Gasteiger partial charge is 0.465 e. The topological polar surface area (TPSA) is 94.5 Å². The molecule has 7 heteroatoms. The Bertz CT molecular complexity index is 871. The zero-order valence-corrected chi connectivity index (χ0v) is 18.1. The van der Waals surface area contributed by atoms with E-state index >= 15 is 0 Å². The Balaban J connectivity index is 2.04. The Kier molecular flexibility index (Phi) is 7.69. The van der Waals surface area contributed by atoms with Crippen LogP contribution in [0, 0.1) is 5.92 Å². The van der Waals surface area contributed by atoms with Crippen molar-refractivity contribution in [1.29, 1.82) is 0 Å². The second-order valence-corrected chi connectivity index (χ2v) is 8.31. The van der Waals surface area contributed by atoms with Crippen LogP contribution in [0.5, 0.6) is 0 Å². The molecule has 6 nitrogen and oxygen atoms in total. The molecule has 1 aromatic carbocycles. The maximum Gasteiger partial charge on any atom is 0.404 e. The average molecular weight is 432 g/mol. The van der Waals surface area contributed by atoms with Crippen LogP contribution in [0.2, 0.25) is 5.02 Å². The van der Waals surface area contributed by atoms with Crippen LogP contribution in [-0.2, 0) is 12.0 Å². The number of rotatable bonds is 8. The highest BCUT2D eigenvalue weighted by Crippen LogP contribution is 2.44. The van der Waals surface area contributed by atoms with Crippen LogP contribution in [0.3, 0.4) is 0 Å². The summed E-state index contributed by atoms with van der Waals surface area (Å²) in [4.78, 5) is 15.1. The van der Waals surface area contributed by atoms with Gasteiger partial charge >= 0.3 is 6.09 Å². The Labute approximate surface area is 182 Å². The molecule has 1 aliphatic rings. The van der Waals surface area contributed by atoms with E-state index in [-0.39, 0.29) is 12.5 Å². The summed E-state index contributed by atoms with van der Waals surface area (Å²) in [6, 6.07) is 8.20. The number of hydrogen-bond donors (Lipinski definition) is 4. The second kappa shape index (κ2) is 10.2. The molecule has 0 radical (unpaired) electrons. The van der Waals surface area contributed by atoms with Crippen LogP contribution in [0.15, 0.2) is 36.7 Å². The minimum absolute atomic E-state index is 0.00977. The molecule has 1 amide bonds. The third kappa shape index (κ3) is 5.12. The number of hydrogen-bond acceptors (Lipinski definition) is 4. The fourth-order valence-corrected chi connectivity index (χ4v) is 4.64. The lowest BCUT2D eigenvalue weighted by Gasteiger charge is -2.40. The molecule has 162 valence electrons. The van der Waals surface area contributed by atoms with E-state index in [4.69, 9.17) is 16.7 Å². The van der Waals surface area contributed by atoms with Gasteiger partial charge in [0.1, 0.15) is 0 Å². The molecule has 0 bridgehead atoms. The summed E-state index contributed by atoms with van der Waals surface area (Å²) in [7, 11) is 0. The van der Waals surface area contributed by atoms with Crippen molar-refractivity contribution in [1.82, 2.24) is 15.6 Å². The van der Waals surface area contributed by atoms with E-state index < -0.39 is 11.7 Å². The molecule has 0 aliphatic carbocycles. The summed E-state index contributed by atoms with van der Waals surface area (Å²) in [6.45, 7) is 4.02. The first-order valence-electron chi connectivity index (χ1n) is 10.6. The first-order chi connectivity index (χ1) is 14.5. The molecule has 2 atom stereocenters. The summed E-state index contributed by atoms with van der Waals surface area (Å²) in [5, 5.41) is 27.2. The van der Waals surface area contributed by atoms with Crippen molar-refractivity contribution in [3.8, 4) is 11.1 Å². The van der Waals surface area contributed by atoms with Gasteiger partial charge in [0.15, 0.2) is 0 Å². The molecule has 1 saturated heterocycles. The Morgan fingerprint density at radius 1 is 1.40 bits per heavy atom. The molecule has 1 aliphatic heterocycles. The van der Waals surface area contributed by atoms with Gasteiger partial charge in [0.25, 0.3) is 0 Å². The van der Waals surface area contributed by atoms with Gasteiger partial charge in [0, 0.05) is 42.5 Å². The monoisotopic (exact) mass is 431 g/mol. The highest BCUT2D eigenvalue weighted by Gasteiger charge is 2.41. The standard InChI is InChI=1S/C23H30ClN3O3/c1-2-16-6-3-7-17(12-16)21-19(14-26-15-20(21)24)23(30,9-5-11-27-22(28)29)18-8-4-10-25-13-18/h3,6-7,12,14-15,18,25,27,30H,2,4-5,8-11,13H2,1H3,(H,28,29)/t18-,23?/m1/s1. The van der Waals surface area contributed by atoms with Gasteiger partial charge in [-0.1, -0.05) is 42.8 Å². The fraction of sp³-hybridized carbons (Fsp3) is 0.478. The molecule has 4 N–H and O–H groups in total. The van der Waals surface area contributed by atoms with Gasteiger partial charge in [0.05, 0.1) is 10.6 Å². The summed E-state index contributed by atoms with van der Waals surface area (Å²) >= 11 is 6.63. The zero-order valence-electron chi connectivity index (χ0n) is 17.3. The average Bonchev–Trinajstić information content (AvgIpc) is 2.77. The molecule has 1 aromatic heterocycles. The maximum atomic E-state index is 12.1. The molecule has 3 rings (SSSR count). The molecule has 0 saturated carbocycles. The number of carbonyl (C=O) groups is 1. The van der Waals surface area contributed by atoms with Crippen LogP contribution in [0.25, 0.3) is 11.1 Å². The molecular formula is C23H30ClN3O3. The Morgan fingerprint density at radius 2 is 2.23 bits per heavy atom.